The molecule has 2 N–H and O–H groups in total. The molecular weight excluding hydrogens is 248 g/mol. The summed E-state index contributed by atoms with van der Waals surface area (Å²) in [5, 5.41) is 8.65. The lowest BCUT2D eigenvalue weighted by Gasteiger charge is -2.06. The van der Waals surface area contributed by atoms with Gasteiger partial charge in [-0.3, -0.25) is 10.0 Å². The summed E-state index contributed by atoms with van der Waals surface area (Å²) in [6.45, 7) is 0. The smallest absolute Gasteiger partial charge is 0.288 e. The normalized spacial score (nSPS) is 10.1. The number of hydroxylamine groups is 1. The maximum Gasteiger partial charge on any atom is 0.294 e. The minimum absolute atomic E-state index is 0.237. The molecule has 5 heteroatoms. The van der Waals surface area contributed by atoms with Gasteiger partial charge in [0.25, 0.3) is 5.91 Å². The van der Waals surface area contributed by atoms with Crippen LogP contribution < -0.4 is 5.48 Å². The molecular formula is C13H12N2O2S. The van der Waals surface area contributed by atoms with E-state index in [2.05, 4.69) is 4.98 Å². The fourth-order valence-electron chi connectivity index (χ4n) is 1.47. The van der Waals surface area contributed by atoms with Crippen molar-refractivity contribution < 1.29 is 10.0 Å². The Kier molecular flexibility index (Phi) is 4.33. The van der Waals surface area contributed by atoms with Crippen molar-refractivity contribution in [1.29, 1.82) is 0 Å². The van der Waals surface area contributed by atoms with Crippen molar-refractivity contribution in [2.75, 3.05) is 0 Å². The summed E-state index contributed by atoms with van der Waals surface area (Å²) in [4.78, 5) is 16.1. The van der Waals surface area contributed by atoms with Crippen LogP contribution in [-0.4, -0.2) is 16.1 Å². The number of thioether (sulfide) groups is 1. The van der Waals surface area contributed by atoms with E-state index in [4.69, 9.17) is 5.21 Å². The Balaban J connectivity index is 2.12. The second-order valence-corrected chi connectivity index (χ2v) is 4.58. The molecule has 2 rings (SSSR count). The molecule has 1 aromatic heterocycles. The van der Waals surface area contributed by atoms with Crippen molar-refractivity contribution in [3.8, 4) is 0 Å². The fourth-order valence-corrected chi connectivity index (χ4v) is 2.44. The zero-order chi connectivity index (χ0) is 12.8. The van der Waals surface area contributed by atoms with Crippen molar-refractivity contribution in [1.82, 2.24) is 10.5 Å². The summed E-state index contributed by atoms with van der Waals surface area (Å²) in [7, 11) is 0. The van der Waals surface area contributed by atoms with Crippen molar-refractivity contribution in [2.24, 2.45) is 0 Å². The molecule has 0 atom stereocenters. The van der Waals surface area contributed by atoms with Gasteiger partial charge in [0.05, 0.1) is 0 Å². The predicted octanol–water partition coefficient (Wildman–Crippen LogP) is 2.49. The maximum atomic E-state index is 11.4. The highest BCUT2D eigenvalue weighted by atomic mass is 32.2. The number of rotatable bonds is 4. The number of aromatic nitrogens is 1. The van der Waals surface area contributed by atoms with Crippen LogP contribution in [-0.2, 0) is 5.75 Å². The van der Waals surface area contributed by atoms with Crippen molar-refractivity contribution in [3.05, 3.63) is 59.9 Å². The quantitative estimate of drug-likeness (QED) is 0.503. The third-order valence-electron chi connectivity index (χ3n) is 2.32. The molecule has 1 heterocycles. The minimum atomic E-state index is -0.592. The van der Waals surface area contributed by atoms with Gasteiger partial charge in [0.2, 0.25) is 0 Å². The summed E-state index contributed by atoms with van der Waals surface area (Å²) >= 11 is 1.51. The molecule has 0 bridgehead atoms. The summed E-state index contributed by atoms with van der Waals surface area (Å²) < 4.78 is 0. The van der Waals surface area contributed by atoms with Crippen LogP contribution in [0.1, 0.15) is 16.1 Å². The van der Waals surface area contributed by atoms with Crippen LogP contribution >= 0.6 is 11.8 Å². The highest BCUT2D eigenvalue weighted by Crippen LogP contribution is 2.24. The first-order chi connectivity index (χ1) is 8.81. The Morgan fingerprint density at radius 1 is 1.22 bits per heavy atom. The Morgan fingerprint density at radius 2 is 2.00 bits per heavy atom. The van der Waals surface area contributed by atoms with Crippen LogP contribution in [0.4, 0.5) is 0 Å². The summed E-state index contributed by atoms with van der Waals surface area (Å²) in [6.07, 6.45) is 1.52. The van der Waals surface area contributed by atoms with E-state index in [1.165, 1.54) is 23.5 Å². The molecule has 0 aliphatic carbocycles. The van der Waals surface area contributed by atoms with E-state index >= 15 is 0 Å². The van der Waals surface area contributed by atoms with E-state index in [0.717, 1.165) is 10.6 Å². The van der Waals surface area contributed by atoms with Crippen molar-refractivity contribution in [3.63, 3.8) is 0 Å². The molecule has 18 heavy (non-hydrogen) atoms. The number of nitrogens with zero attached hydrogens (tertiary/aromatic N) is 1. The van der Waals surface area contributed by atoms with Gasteiger partial charge in [-0.1, -0.05) is 30.3 Å². The molecule has 92 valence electrons. The van der Waals surface area contributed by atoms with Gasteiger partial charge < -0.3 is 0 Å². The van der Waals surface area contributed by atoms with Crippen molar-refractivity contribution in [2.45, 2.75) is 10.6 Å². The van der Waals surface area contributed by atoms with Crippen LogP contribution in [0.2, 0.25) is 0 Å². The highest BCUT2D eigenvalue weighted by molar-refractivity contribution is 7.98. The summed E-state index contributed by atoms with van der Waals surface area (Å²) in [5.41, 5.74) is 3.01. The molecule has 1 amide bonds. The van der Waals surface area contributed by atoms with Crippen molar-refractivity contribution >= 4 is 17.7 Å². The van der Waals surface area contributed by atoms with Gasteiger partial charge in [-0.2, -0.15) is 0 Å². The van der Waals surface area contributed by atoms with E-state index in [-0.39, 0.29) is 5.69 Å². The number of hydrogen-bond donors (Lipinski definition) is 2. The second kappa shape index (κ2) is 6.18. The highest BCUT2D eigenvalue weighted by Gasteiger charge is 2.11. The minimum Gasteiger partial charge on any atom is -0.288 e. The van der Waals surface area contributed by atoms with E-state index < -0.39 is 5.91 Å². The van der Waals surface area contributed by atoms with E-state index in [9.17, 15) is 4.79 Å². The number of carbonyl (C=O) groups excluding carboxylic acids is 1. The zero-order valence-electron chi connectivity index (χ0n) is 9.54. The first-order valence-corrected chi connectivity index (χ1v) is 6.36. The van der Waals surface area contributed by atoms with E-state index in [1.807, 2.05) is 36.4 Å². The van der Waals surface area contributed by atoms with Crippen LogP contribution in [0.15, 0.2) is 53.6 Å². The Hall–Kier alpha value is -1.85. The van der Waals surface area contributed by atoms with Gasteiger partial charge >= 0.3 is 0 Å². The summed E-state index contributed by atoms with van der Waals surface area (Å²) in [6, 6.07) is 13.5. The molecule has 1 aromatic carbocycles. The SMILES string of the molecule is O=C(NO)c1ncccc1SCc1ccccc1. The maximum absolute atomic E-state index is 11.4. The van der Waals surface area contributed by atoms with Crippen LogP contribution in [0.25, 0.3) is 0 Å². The number of amides is 1. The molecule has 0 saturated carbocycles. The van der Waals surface area contributed by atoms with Gasteiger partial charge in [0.1, 0.15) is 5.69 Å². The lowest BCUT2D eigenvalue weighted by Crippen LogP contribution is -2.20. The molecule has 0 saturated heterocycles. The number of pyridine rings is 1. The Bertz CT molecular complexity index is 532. The topological polar surface area (TPSA) is 62.2 Å². The van der Waals surface area contributed by atoms with Gasteiger partial charge in [-0.05, 0) is 17.7 Å². The number of carbonyl (C=O) groups is 1. The zero-order valence-corrected chi connectivity index (χ0v) is 10.4. The molecule has 2 aromatic rings. The molecule has 0 radical (unpaired) electrons. The molecule has 0 fully saturated rings. The largest absolute Gasteiger partial charge is 0.294 e. The standard InChI is InChI=1S/C13H12N2O2S/c16-13(15-17)12-11(7-4-8-14-12)18-9-10-5-2-1-3-6-10/h1-8,17H,9H2,(H,15,16). The average molecular weight is 260 g/mol. The lowest BCUT2D eigenvalue weighted by atomic mass is 10.2. The van der Waals surface area contributed by atoms with Crippen LogP contribution in [0.5, 0.6) is 0 Å². The van der Waals surface area contributed by atoms with Gasteiger partial charge in [0, 0.05) is 16.8 Å². The van der Waals surface area contributed by atoms with Gasteiger partial charge in [-0.25, -0.2) is 10.5 Å². The first kappa shape index (κ1) is 12.6. The third-order valence-corrected chi connectivity index (χ3v) is 3.44. The predicted molar refractivity (Wildman–Crippen MR) is 69.5 cm³/mol. The number of nitrogens with one attached hydrogen (secondary N) is 1. The third kappa shape index (κ3) is 3.09. The monoisotopic (exact) mass is 260 g/mol. The number of benzene rings is 1. The molecule has 0 spiro atoms. The average Bonchev–Trinajstić information content (AvgIpc) is 2.45. The first-order valence-electron chi connectivity index (χ1n) is 5.37. The fraction of sp³-hybridized carbons (Fsp3) is 0.0769. The van der Waals surface area contributed by atoms with Gasteiger partial charge in [0.15, 0.2) is 0 Å². The Morgan fingerprint density at radius 3 is 2.72 bits per heavy atom. The molecule has 4 nitrogen and oxygen atoms in total. The van der Waals surface area contributed by atoms with Crippen LogP contribution in [0, 0.1) is 0 Å². The lowest BCUT2D eigenvalue weighted by molar-refractivity contribution is 0.0697. The molecule has 0 aliphatic heterocycles. The van der Waals surface area contributed by atoms with Crippen LogP contribution in [0.3, 0.4) is 0 Å². The second-order valence-electron chi connectivity index (χ2n) is 3.57. The summed E-state index contributed by atoms with van der Waals surface area (Å²) in [5.74, 6) is 0.157. The molecule has 0 aliphatic rings. The van der Waals surface area contributed by atoms with Gasteiger partial charge in [-0.15, -0.1) is 11.8 Å². The van der Waals surface area contributed by atoms with E-state index in [1.54, 1.807) is 11.5 Å². The van der Waals surface area contributed by atoms with E-state index in [0.29, 0.717) is 0 Å². The Labute approximate surface area is 109 Å². The molecule has 0 unspecified atom stereocenters. The number of hydrogen-bond acceptors (Lipinski definition) is 4.